The van der Waals surface area contributed by atoms with Crippen molar-refractivity contribution in [1.82, 2.24) is 5.43 Å². The number of nitrogens with one attached hydrogen (secondary N) is 1. The molecule has 0 aliphatic carbocycles. The molecule has 0 atom stereocenters. The second-order valence-corrected chi connectivity index (χ2v) is 4.75. The summed E-state index contributed by atoms with van der Waals surface area (Å²) in [5.41, 5.74) is 3.79. The van der Waals surface area contributed by atoms with Crippen molar-refractivity contribution in [3.05, 3.63) is 72.3 Å². The maximum absolute atomic E-state index is 11.8. The first-order valence-corrected chi connectivity index (χ1v) is 7.12. The molecule has 2 aromatic rings. The third-order valence-corrected chi connectivity index (χ3v) is 2.99. The lowest BCUT2D eigenvalue weighted by Crippen LogP contribution is -2.19. The minimum absolute atomic E-state index is 0.0320. The number of aromatic hydroxyl groups is 1. The van der Waals surface area contributed by atoms with Gasteiger partial charge in [0, 0.05) is 5.56 Å². The van der Waals surface area contributed by atoms with Crippen LogP contribution < -0.4 is 10.2 Å². The molecule has 0 heterocycles. The third-order valence-electron chi connectivity index (χ3n) is 2.99. The molecule has 2 rings (SSSR count). The number of hydrogen-bond donors (Lipinski definition) is 2. The maximum atomic E-state index is 11.8. The van der Waals surface area contributed by atoms with Crippen molar-refractivity contribution < 1.29 is 14.6 Å². The molecule has 118 valence electrons. The lowest BCUT2D eigenvalue weighted by Gasteiger charge is -2.07. The highest BCUT2D eigenvalue weighted by atomic mass is 16.5. The van der Waals surface area contributed by atoms with E-state index < -0.39 is 0 Å². The summed E-state index contributed by atoms with van der Waals surface area (Å²) in [4.78, 5) is 11.8. The topological polar surface area (TPSA) is 70.9 Å². The third kappa shape index (κ3) is 5.00. The highest BCUT2D eigenvalue weighted by Crippen LogP contribution is 2.28. The Morgan fingerprint density at radius 3 is 2.74 bits per heavy atom. The summed E-state index contributed by atoms with van der Waals surface area (Å²) in [6, 6.07) is 14.4. The predicted octanol–water partition coefficient (Wildman–Crippen LogP) is 2.65. The molecular weight excluding hydrogens is 292 g/mol. The van der Waals surface area contributed by atoms with Crippen LogP contribution in [0.5, 0.6) is 11.5 Å². The van der Waals surface area contributed by atoms with Gasteiger partial charge in [-0.2, -0.15) is 5.10 Å². The van der Waals surface area contributed by atoms with E-state index in [1.807, 2.05) is 30.3 Å². The Morgan fingerprint density at radius 2 is 2.00 bits per heavy atom. The molecule has 2 aromatic carbocycles. The van der Waals surface area contributed by atoms with Crippen molar-refractivity contribution in [2.75, 3.05) is 6.61 Å². The van der Waals surface area contributed by atoms with Crippen molar-refractivity contribution in [2.45, 2.75) is 6.42 Å². The van der Waals surface area contributed by atoms with E-state index in [1.165, 1.54) is 6.21 Å². The Hall–Kier alpha value is -3.08. The molecule has 1 amide bonds. The van der Waals surface area contributed by atoms with Gasteiger partial charge in [-0.25, -0.2) is 5.43 Å². The van der Waals surface area contributed by atoms with Gasteiger partial charge in [0.15, 0.2) is 11.5 Å². The van der Waals surface area contributed by atoms with Crippen LogP contribution in [0.2, 0.25) is 0 Å². The van der Waals surface area contributed by atoms with Gasteiger partial charge in [-0.05, 0) is 17.7 Å². The van der Waals surface area contributed by atoms with E-state index >= 15 is 0 Å². The SMILES string of the molecule is C=CCOc1cccc(C=NNC(=O)Cc2ccccc2)c1O. The van der Waals surface area contributed by atoms with Gasteiger partial charge in [-0.1, -0.05) is 49.1 Å². The molecule has 23 heavy (non-hydrogen) atoms. The predicted molar refractivity (Wildman–Crippen MR) is 89.7 cm³/mol. The van der Waals surface area contributed by atoms with E-state index in [0.717, 1.165) is 5.56 Å². The van der Waals surface area contributed by atoms with E-state index in [-0.39, 0.29) is 18.1 Å². The number of hydrogen-bond acceptors (Lipinski definition) is 4. The van der Waals surface area contributed by atoms with Gasteiger partial charge < -0.3 is 9.84 Å². The molecule has 5 nitrogen and oxygen atoms in total. The molecule has 2 N–H and O–H groups in total. The highest BCUT2D eigenvalue weighted by molar-refractivity contribution is 5.86. The van der Waals surface area contributed by atoms with Crippen molar-refractivity contribution in [3.8, 4) is 11.5 Å². The molecule has 0 radical (unpaired) electrons. The van der Waals surface area contributed by atoms with Crippen LogP contribution in [-0.2, 0) is 11.2 Å². The number of amides is 1. The van der Waals surface area contributed by atoms with Gasteiger partial charge >= 0.3 is 0 Å². The lowest BCUT2D eigenvalue weighted by molar-refractivity contribution is -0.120. The van der Waals surface area contributed by atoms with Gasteiger partial charge in [0.05, 0.1) is 12.6 Å². The van der Waals surface area contributed by atoms with E-state index in [1.54, 1.807) is 24.3 Å². The smallest absolute Gasteiger partial charge is 0.244 e. The number of para-hydroxylation sites is 1. The first kappa shape index (κ1) is 16.3. The number of ether oxygens (including phenoxy) is 1. The van der Waals surface area contributed by atoms with Gasteiger partial charge in [-0.3, -0.25) is 4.79 Å². The zero-order valence-electron chi connectivity index (χ0n) is 12.6. The number of benzene rings is 2. The summed E-state index contributed by atoms with van der Waals surface area (Å²) in [6.07, 6.45) is 3.20. The van der Waals surface area contributed by atoms with Crippen LogP contribution in [0.4, 0.5) is 0 Å². The van der Waals surface area contributed by atoms with Crippen LogP contribution >= 0.6 is 0 Å². The molecule has 0 bridgehead atoms. The Morgan fingerprint density at radius 1 is 1.22 bits per heavy atom. The fourth-order valence-electron chi connectivity index (χ4n) is 1.90. The first-order valence-electron chi connectivity index (χ1n) is 7.12. The van der Waals surface area contributed by atoms with Crippen LogP contribution in [0.3, 0.4) is 0 Å². The molecule has 0 unspecified atom stereocenters. The van der Waals surface area contributed by atoms with Crippen molar-refractivity contribution >= 4 is 12.1 Å². The van der Waals surface area contributed by atoms with Gasteiger partial charge in [0.25, 0.3) is 0 Å². The van der Waals surface area contributed by atoms with Crippen molar-refractivity contribution in [3.63, 3.8) is 0 Å². The van der Waals surface area contributed by atoms with Gasteiger partial charge in [0.2, 0.25) is 5.91 Å². The fourth-order valence-corrected chi connectivity index (χ4v) is 1.90. The standard InChI is InChI=1S/C18H18N2O3/c1-2-11-23-16-10-6-9-15(18(16)22)13-19-20-17(21)12-14-7-4-3-5-8-14/h2-10,13,22H,1,11-12H2,(H,20,21). The lowest BCUT2D eigenvalue weighted by atomic mass is 10.1. The monoisotopic (exact) mass is 310 g/mol. The summed E-state index contributed by atoms with van der Waals surface area (Å²) in [5.74, 6) is 0.0749. The number of carbonyl (C=O) groups excluding carboxylic acids is 1. The van der Waals surface area contributed by atoms with E-state index in [9.17, 15) is 9.90 Å². The van der Waals surface area contributed by atoms with Crippen LogP contribution in [0, 0.1) is 0 Å². The van der Waals surface area contributed by atoms with Crippen LogP contribution in [0.25, 0.3) is 0 Å². The molecule has 0 aliphatic heterocycles. The Kier molecular flexibility index (Phi) is 5.94. The zero-order valence-corrected chi connectivity index (χ0v) is 12.6. The summed E-state index contributed by atoms with van der Waals surface area (Å²) in [6.45, 7) is 3.84. The number of phenols is 1. The number of phenolic OH excluding ortho intramolecular Hbond substituents is 1. The summed E-state index contributed by atoms with van der Waals surface area (Å²) in [5, 5.41) is 13.9. The Labute approximate surface area is 134 Å². The van der Waals surface area contributed by atoms with Crippen LogP contribution in [0.1, 0.15) is 11.1 Å². The van der Waals surface area contributed by atoms with E-state index in [0.29, 0.717) is 17.9 Å². The number of hydrazone groups is 1. The maximum Gasteiger partial charge on any atom is 0.244 e. The van der Waals surface area contributed by atoms with E-state index in [4.69, 9.17) is 4.74 Å². The van der Waals surface area contributed by atoms with Crippen molar-refractivity contribution in [2.24, 2.45) is 5.10 Å². The van der Waals surface area contributed by atoms with Gasteiger partial charge in [-0.15, -0.1) is 0 Å². The summed E-state index contributed by atoms with van der Waals surface area (Å²) in [7, 11) is 0. The first-order chi connectivity index (χ1) is 11.2. The zero-order chi connectivity index (χ0) is 16.5. The number of nitrogens with zero attached hydrogens (tertiary/aromatic N) is 1. The van der Waals surface area contributed by atoms with Crippen LogP contribution in [-0.4, -0.2) is 23.8 Å². The summed E-state index contributed by atoms with van der Waals surface area (Å²) < 4.78 is 5.32. The minimum atomic E-state index is -0.231. The normalized spacial score (nSPS) is 10.4. The molecule has 0 saturated carbocycles. The van der Waals surface area contributed by atoms with Gasteiger partial charge in [0.1, 0.15) is 6.61 Å². The van der Waals surface area contributed by atoms with Crippen molar-refractivity contribution in [1.29, 1.82) is 0 Å². The molecule has 0 aromatic heterocycles. The molecule has 5 heteroatoms. The molecule has 0 spiro atoms. The largest absolute Gasteiger partial charge is 0.504 e. The summed E-state index contributed by atoms with van der Waals surface area (Å²) >= 11 is 0. The fraction of sp³-hybridized carbons (Fsp3) is 0.111. The average Bonchev–Trinajstić information content (AvgIpc) is 2.56. The second-order valence-electron chi connectivity index (χ2n) is 4.75. The highest BCUT2D eigenvalue weighted by Gasteiger charge is 2.06. The quantitative estimate of drug-likeness (QED) is 0.469. The minimum Gasteiger partial charge on any atom is -0.504 e. The van der Waals surface area contributed by atoms with E-state index in [2.05, 4.69) is 17.1 Å². The molecular formula is C18H18N2O3. The number of rotatable bonds is 7. The molecule has 0 saturated heterocycles. The molecule has 0 aliphatic rings. The Bertz CT molecular complexity index is 697. The van der Waals surface area contributed by atoms with Crippen LogP contribution in [0.15, 0.2) is 66.3 Å². The number of carbonyl (C=O) groups is 1. The Balaban J connectivity index is 1.95. The molecule has 0 fully saturated rings. The second kappa shape index (κ2) is 8.38. The average molecular weight is 310 g/mol.